The molecule has 2 N–H and O–H groups in total. The molecule has 4 nitrogen and oxygen atoms in total. The van der Waals surface area contributed by atoms with Gasteiger partial charge >= 0.3 is 0 Å². The standard InChI is InChI=1S/C13H14N4S/c1-9-7-8-12(16-15-9)17(2)11-6-4-3-5-10(11)13(14)18/h3-8H,1-2H3,(H2,14,18). The third kappa shape index (κ3) is 2.46. The summed E-state index contributed by atoms with van der Waals surface area (Å²) in [5.74, 6) is 0.754. The molecule has 0 fully saturated rings. The average Bonchev–Trinajstić information content (AvgIpc) is 2.39. The van der Waals surface area contributed by atoms with E-state index in [0.29, 0.717) is 4.99 Å². The minimum atomic E-state index is 0.373. The van der Waals surface area contributed by atoms with Gasteiger partial charge in [-0.25, -0.2) is 0 Å². The summed E-state index contributed by atoms with van der Waals surface area (Å²) in [5.41, 5.74) is 8.36. The maximum Gasteiger partial charge on any atom is 0.155 e. The number of hydrogen-bond acceptors (Lipinski definition) is 4. The van der Waals surface area contributed by atoms with Crippen LogP contribution in [0.2, 0.25) is 0 Å². The molecule has 2 rings (SSSR count). The van der Waals surface area contributed by atoms with E-state index in [0.717, 1.165) is 22.8 Å². The minimum absolute atomic E-state index is 0.373. The van der Waals surface area contributed by atoms with Gasteiger partial charge in [0.05, 0.1) is 11.4 Å². The number of aryl methyl sites for hydroxylation is 1. The molecule has 0 aliphatic rings. The highest BCUT2D eigenvalue weighted by atomic mass is 32.1. The summed E-state index contributed by atoms with van der Waals surface area (Å²) >= 11 is 5.05. The van der Waals surface area contributed by atoms with Crippen LogP contribution in [-0.2, 0) is 0 Å². The molecule has 5 heteroatoms. The Morgan fingerprint density at radius 1 is 1.17 bits per heavy atom. The second-order valence-corrected chi connectivity index (χ2v) is 4.41. The summed E-state index contributed by atoms with van der Waals surface area (Å²) < 4.78 is 0. The van der Waals surface area contributed by atoms with E-state index in [2.05, 4.69) is 10.2 Å². The Bertz CT molecular complexity index is 565. The van der Waals surface area contributed by atoms with Gasteiger partial charge in [0.2, 0.25) is 0 Å². The second kappa shape index (κ2) is 5.10. The zero-order valence-electron chi connectivity index (χ0n) is 10.3. The summed E-state index contributed by atoms with van der Waals surface area (Å²) in [4.78, 5) is 2.29. The molecule has 0 spiro atoms. The van der Waals surface area contributed by atoms with E-state index >= 15 is 0 Å². The number of benzene rings is 1. The van der Waals surface area contributed by atoms with Gasteiger partial charge in [-0.2, -0.15) is 5.10 Å². The molecular weight excluding hydrogens is 244 g/mol. The molecule has 1 aromatic heterocycles. The fourth-order valence-electron chi connectivity index (χ4n) is 1.67. The van der Waals surface area contributed by atoms with E-state index in [1.165, 1.54) is 0 Å². The highest BCUT2D eigenvalue weighted by Gasteiger charge is 2.11. The monoisotopic (exact) mass is 258 g/mol. The summed E-state index contributed by atoms with van der Waals surface area (Å²) in [7, 11) is 1.91. The lowest BCUT2D eigenvalue weighted by atomic mass is 10.1. The molecule has 1 aromatic carbocycles. The van der Waals surface area contributed by atoms with Crippen molar-refractivity contribution in [3.05, 3.63) is 47.7 Å². The van der Waals surface area contributed by atoms with Crippen LogP contribution in [0.5, 0.6) is 0 Å². The van der Waals surface area contributed by atoms with E-state index in [1.54, 1.807) is 0 Å². The smallest absolute Gasteiger partial charge is 0.155 e. The first-order chi connectivity index (χ1) is 8.59. The predicted molar refractivity (Wildman–Crippen MR) is 77.2 cm³/mol. The van der Waals surface area contributed by atoms with Gasteiger partial charge in [0.15, 0.2) is 5.82 Å². The van der Waals surface area contributed by atoms with Crippen molar-refractivity contribution in [3.63, 3.8) is 0 Å². The van der Waals surface area contributed by atoms with E-state index in [9.17, 15) is 0 Å². The van der Waals surface area contributed by atoms with E-state index < -0.39 is 0 Å². The number of rotatable bonds is 3. The Kier molecular flexibility index (Phi) is 3.53. The number of thiocarbonyl (C=S) groups is 1. The molecule has 2 aromatic rings. The Morgan fingerprint density at radius 3 is 2.50 bits per heavy atom. The Labute approximate surface area is 111 Å². The molecule has 0 radical (unpaired) electrons. The summed E-state index contributed by atoms with van der Waals surface area (Å²) in [6, 6.07) is 11.5. The third-order valence-corrected chi connectivity index (χ3v) is 2.88. The van der Waals surface area contributed by atoms with Gasteiger partial charge in [-0.3, -0.25) is 0 Å². The molecule has 0 unspecified atom stereocenters. The number of para-hydroxylation sites is 1. The highest BCUT2D eigenvalue weighted by Crippen LogP contribution is 2.25. The van der Waals surface area contributed by atoms with Gasteiger partial charge in [0.25, 0.3) is 0 Å². The number of nitrogens with two attached hydrogens (primary N) is 1. The predicted octanol–water partition coefficient (Wildman–Crippen LogP) is 2.19. The van der Waals surface area contributed by atoms with Gasteiger partial charge in [-0.05, 0) is 31.2 Å². The Balaban J connectivity index is 2.42. The molecule has 0 saturated carbocycles. The van der Waals surface area contributed by atoms with Gasteiger partial charge in [-0.15, -0.1) is 5.10 Å². The number of anilines is 2. The molecule has 0 bridgehead atoms. The quantitative estimate of drug-likeness (QED) is 0.855. The van der Waals surface area contributed by atoms with Gasteiger partial charge in [0, 0.05) is 12.6 Å². The topological polar surface area (TPSA) is 55.0 Å². The summed E-state index contributed by atoms with van der Waals surface area (Å²) in [6.07, 6.45) is 0. The van der Waals surface area contributed by atoms with Crippen molar-refractivity contribution in [3.8, 4) is 0 Å². The minimum Gasteiger partial charge on any atom is -0.389 e. The molecule has 0 amide bonds. The molecular formula is C13H14N4S. The van der Waals surface area contributed by atoms with Gasteiger partial charge in [-0.1, -0.05) is 24.4 Å². The number of nitrogens with zero attached hydrogens (tertiary/aromatic N) is 3. The molecule has 0 saturated heterocycles. The van der Waals surface area contributed by atoms with E-state index in [-0.39, 0.29) is 0 Å². The Hall–Kier alpha value is -2.01. The first-order valence-electron chi connectivity index (χ1n) is 5.52. The lowest BCUT2D eigenvalue weighted by molar-refractivity contribution is 0.951. The number of hydrogen-bond donors (Lipinski definition) is 1. The van der Waals surface area contributed by atoms with Crippen LogP contribution in [0, 0.1) is 6.92 Å². The van der Waals surface area contributed by atoms with Crippen LogP contribution in [0.4, 0.5) is 11.5 Å². The molecule has 18 heavy (non-hydrogen) atoms. The fourth-order valence-corrected chi connectivity index (χ4v) is 1.84. The number of aromatic nitrogens is 2. The lowest BCUT2D eigenvalue weighted by Crippen LogP contribution is -2.18. The molecule has 0 aliphatic carbocycles. The van der Waals surface area contributed by atoms with Crippen LogP contribution in [0.25, 0.3) is 0 Å². The maximum atomic E-state index is 5.72. The molecule has 0 aliphatic heterocycles. The second-order valence-electron chi connectivity index (χ2n) is 3.97. The van der Waals surface area contributed by atoms with Crippen molar-refractivity contribution in [1.82, 2.24) is 10.2 Å². The highest BCUT2D eigenvalue weighted by molar-refractivity contribution is 7.80. The van der Waals surface area contributed by atoms with Crippen LogP contribution in [0.1, 0.15) is 11.3 Å². The van der Waals surface area contributed by atoms with Crippen molar-refractivity contribution < 1.29 is 0 Å². The Morgan fingerprint density at radius 2 is 1.89 bits per heavy atom. The van der Waals surface area contributed by atoms with Crippen molar-refractivity contribution in [1.29, 1.82) is 0 Å². The van der Waals surface area contributed by atoms with Crippen LogP contribution >= 0.6 is 12.2 Å². The van der Waals surface area contributed by atoms with Crippen molar-refractivity contribution in [2.24, 2.45) is 5.73 Å². The molecule has 0 atom stereocenters. The van der Waals surface area contributed by atoms with Gasteiger partial charge < -0.3 is 10.6 Å². The van der Waals surface area contributed by atoms with Crippen LogP contribution in [0.3, 0.4) is 0 Å². The zero-order chi connectivity index (χ0) is 13.1. The molecule has 92 valence electrons. The first kappa shape index (κ1) is 12.4. The van der Waals surface area contributed by atoms with Crippen LogP contribution in [0.15, 0.2) is 36.4 Å². The van der Waals surface area contributed by atoms with Crippen molar-refractivity contribution in [2.45, 2.75) is 6.92 Å². The van der Waals surface area contributed by atoms with Crippen LogP contribution < -0.4 is 10.6 Å². The van der Waals surface area contributed by atoms with Crippen LogP contribution in [-0.4, -0.2) is 22.2 Å². The SMILES string of the molecule is Cc1ccc(N(C)c2ccccc2C(N)=S)nn1. The van der Waals surface area contributed by atoms with E-state index in [4.69, 9.17) is 18.0 Å². The zero-order valence-corrected chi connectivity index (χ0v) is 11.1. The third-order valence-electron chi connectivity index (χ3n) is 2.66. The van der Waals surface area contributed by atoms with Crippen molar-refractivity contribution in [2.75, 3.05) is 11.9 Å². The van der Waals surface area contributed by atoms with Gasteiger partial charge in [0.1, 0.15) is 4.99 Å². The fraction of sp³-hybridized carbons (Fsp3) is 0.154. The maximum absolute atomic E-state index is 5.72. The van der Waals surface area contributed by atoms with E-state index in [1.807, 2.05) is 55.3 Å². The molecule has 1 heterocycles. The summed E-state index contributed by atoms with van der Waals surface area (Å²) in [5, 5.41) is 8.19. The normalized spacial score (nSPS) is 10.1. The summed E-state index contributed by atoms with van der Waals surface area (Å²) in [6.45, 7) is 1.90. The first-order valence-corrected chi connectivity index (χ1v) is 5.93. The average molecular weight is 258 g/mol. The van der Waals surface area contributed by atoms with Crippen molar-refractivity contribution >= 4 is 28.7 Å². The largest absolute Gasteiger partial charge is 0.389 e. The lowest BCUT2D eigenvalue weighted by Gasteiger charge is -2.20.